The monoisotopic (exact) mass is 251 g/mol. The molecule has 1 heterocycles. The number of carboxylic acid groups (broad SMARTS) is 1. The number of methoxy groups -OCH3 is 1. The number of hydrogen-bond acceptors (Lipinski definition) is 3. The molecule has 0 amide bonds. The van der Waals surface area contributed by atoms with Crippen LogP contribution in [0.15, 0.2) is 6.07 Å². The van der Waals surface area contributed by atoms with Gasteiger partial charge in [0.15, 0.2) is 0 Å². The van der Waals surface area contributed by atoms with Crippen molar-refractivity contribution in [1.29, 1.82) is 0 Å². The predicted octanol–water partition coefficient (Wildman–Crippen LogP) is 2.46. The van der Waals surface area contributed by atoms with E-state index in [-0.39, 0.29) is 17.3 Å². The summed E-state index contributed by atoms with van der Waals surface area (Å²) in [7, 11) is 1.28. The largest absolute Gasteiger partial charge is 0.495 e. The maximum absolute atomic E-state index is 12.5. The molecular formula is C9H8ClF2NO3. The zero-order chi connectivity index (χ0) is 12.3. The van der Waals surface area contributed by atoms with Gasteiger partial charge in [0.25, 0.3) is 6.43 Å². The third-order valence-electron chi connectivity index (χ3n) is 1.87. The molecule has 1 rings (SSSR count). The Morgan fingerprint density at radius 1 is 1.69 bits per heavy atom. The van der Waals surface area contributed by atoms with Crippen LogP contribution in [-0.4, -0.2) is 23.2 Å². The minimum atomic E-state index is -2.97. The molecule has 1 N–H and O–H groups in total. The number of alkyl halides is 3. The zero-order valence-electron chi connectivity index (χ0n) is 8.21. The van der Waals surface area contributed by atoms with Gasteiger partial charge >= 0.3 is 5.97 Å². The van der Waals surface area contributed by atoms with Crippen molar-refractivity contribution in [2.45, 2.75) is 12.3 Å². The van der Waals surface area contributed by atoms with Gasteiger partial charge in [-0.3, -0.25) is 0 Å². The van der Waals surface area contributed by atoms with E-state index in [1.165, 1.54) is 7.11 Å². The van der Waals surface area contributed by atoms with Crippen LogP contribution in [0.5, 0.6) is 5.75 Å². The quantitative estimate of drug-likeness (QED) is 0.835. The molecule has 0 radical (unpaired) electrons. The van der Waals surface area contributed by atoms with Gasteiger partial charge in [0.2, 0.25) is 0 Å². The number of ether oxygens (including phenoxy) is 1. The third-order valence-corrected chi connectivity index (χ3v) is 2.13. The highest BCUT2D eigenvalue weighted by Crippen LogP contribution is 2.27. The van der Waals surface area contributed by atoms with Gasteiger partial charge < -0.3 is 9.84 Å². The van der Waals surface area contributed by atoms with E-state index >= 15 is 0 Å². The van der Waals surface area contributed by atoms with E-state index in [0.29, 0.717) is 0 Å². The van der Waals surface area contributed by atoms with Crippen molar-refractivity contribution in [3.63, 3.8) is 0 Å². The summed E-state index contributed by atoms with van der Waals surface area (Å²) in [6.07, 6.45) is -2.97. The van der Waals surface area contributed by atoms with Crippen LogP contribution in [-0.2, 0) is 5.88 Å². The Balaban J connectivity index is 3.41. The first kappa shape index (κ1) is 12.6. The Bertz CT molecular complexity index is 412. The summed E-state index contributed by atoms with van der Waals surface area (Å²) in [6, 6.07) is 0.995. The lowest BCUT2D eigenvalue weighted by Gasteiger charge is -2.10. The molecule has 0 aromatic carbocycles. The van der Waals surface area contributed by atoms with Gasteiger partial charge in [-0.05, 0) is 6.07 Å². The highest BCUT2D eigenvalue weighted by molar-refractivity contribution is 6.17. The van der Waals surface area contributed by atoms with Gasteiger partial charge in [-0.2, -0.15) is 0 Å². The van der Waals surface area contributed by atoms with E-state index in [0.717, 1.165) is 6.07 Å². The second kappa shape index (κ2) is 5.07. The predicted molar refractivity (Wildman–Crippen MR) is 52.3 cm³/mol. The summed E-state index contributed by atoms with van der Waals surface area (Å²) in [5.41, 5.74) is -1.30. The lowest BCUT2D eigenvalue weighted by atomic mass is 10.1. The first-order chi connectivity index (χ1) is 7.51. The molecule has 0 saturated carbocycles. The third kappa shape index (κ3) is 2.38. The van der Waals surface area contributed by atoms with Crippen molar-refractivity contribution in [3.8, 4) is 5.75 Å². The van der Waals surface area contributed by atoms with E-state index in [4.69, 9.17) is 21.4 Å². The van der Waals surface area contributed by atoms with Crippen LogP contribution in [0.3, 0.4) is 0 Å². The fraction of sp³-hybridized carbons (Fsp3) is 0.333. The van der Waals surface area contributed by atoms with Crippen molar-refractivity contribution in [1.82, 2.24) is 4.98 Å². The molecule has 7 heteroatoms. The molecule has 0 aliphatic heterocycles. The summed E-state index contributed by atoms with van der Waals surface area (Å²) in [6.45, 7) is 0. The molecule has 1 aromatic heterocycles. The second-order valence-electron chi connectivity index (χ2n) is 2.81. The first-order valence-corrected chi connectivity index (χ1v) is 4.70. The molecule has 0 atom stereocenters. The summed E-state index contributed by atoms with van der Waals surface area (Å²) in [5, 5.41) is 8.74. The van der Waals surface area contributed by atoms with E-state index < -0.39 is 23.7 Å². The summed E-state index contributed by atoms with van der Waals surface area (Å²) in [5.74, 6) is -1.54. The lowest BCUT2D eigenvalue weighted by molar-refractivity contribution is 0.0681. The average molecular weight is 252 g/mol. The summed E-state index contributed by atoms with van der Waals surface area (Å²) < 4.78 is 29.9. The van der Waals surface area contributed by atoms with Crippen molar-refractivity contribution in [2.24, 2.45) is 0 Å². The number of nitrogens with zero attached hydrogens (tertiary/aromatic N) is 1. The van der Waals surface area contributed by atoms with E-state index in [2.05, 4.69) is 4.98 Å². The number of rotatable bonds is 4. The van der Waals surface area contributed by atoms with Crippen molar-refractivity contribution < 1.29 is 23.4 Å². The highest BCUT2D eigenvalue weighted by Gasteiger charge is 2.22. The molecule has 1 aromatic rings. The van der Waals surface area contributed by atoms with Gasteiger partial charge in [0, 0.05) is 0 Å². The molecular weight excluding hydrogens is 244 g/mol. The van der Waals surface area contributed by atoms with Crippen LogP contribution >= 0.6 is 11.6 Å². The fourth-order valence-corrected chi connectivity index (χ4v) is 1.35. The Morgan fingerprint density at radius 3 is 2.69 bits per heavy atom. The van der Waals surface area contributed by atoms with Gasteiger partial charge in [0.1, 0.15) is 11.4 Å². The van der Waals surface area contributed by atoms with Gasteiger partial charge in [0.05, 0.1) is 24.2 Å². The van der Waals surface area contributed by atoms with Crippen molar-refractivity contribution in [3.05, 3.63) is 23.0 Å². The molecule has 0 bridgehead atoms. The molecule has 0 unspecified atom stereocenters. The second-order valence-corrected chi connectivity index (χ2v) is 3.08. The number of carbonyl (C=O) groups is 1. The molecule has 0 spiro atoms. The summed E-state index contributed by atoms with van der Waals surface area (Å²) in [4.78, 5) is 14.2. The fourth-order valence-electron chi connectivity index (χ4n) is 1.16. The van der Waals surface area contributed by atoms with Crippen LogP contribution in [0.1, 0.15) is 28.2 Å². The van der Waals surface area contributed by atoms with Crippen molar-refractivity contribution >= 4 is 17.6 Å². The van der Waals surface area contributed by atoms with Crippen LogP contribution in [0.4, 0.5) is 8.78 Å². The van der Waals surface area contributed by atoms with E-state index in [1.807, 2.05) is 0 Å². The molecule has 88 valence electrons. The Hall–Kier alpha value is -1.43. The zero-order valence-corrected chi connectivity index (χ0v) is 8.96. The molecule has 0 aliphatic rings. The van der Waals surface area contributed by atoms with Crippen LogP contribution in [0, 0.1) is 0 Å². The number of hydrogen-bond donors (Lipinski definition) is 1. The Morgan fingerprint density at radius 2 is 2.31 bits per heavy atom. The van der Waals surface area contributed by atoms with Crippen LogP contribution in [0.25, 0.3) is 0 Å². The maximum Gasteiger partial charge on any atom is 0.337 e. The van der Waals surface area contributed by atoms with Crippen molar-refractivity contribution in [2.75, 3.05) is 7.11 Å². The number of carboxylic acids is 1. The minimum absolute atomic E-state index is 0.0804. The normalized spacial score (nSPS) is 10.6. The average Bonchev–Trinajstić information content (AvgIpc) is 2.26. The number of halogens is 3. The van der Waals surface area contributed by atoms with Gasteiger partial charge in [-0.25, -0.2) is 18.6 Å². The summed E-state index contributed by atoms with van der Waals surface area (Å²) >= 11 is 5.48. The SMILES string of the molecule is COc1cc(C(=O)O)c(C(F)F)nc1CCl. The van der Waals surface area contributed by atoms with Crippen LogP contribution < -0.4 is 4.74 Å². The topological polar surface area (TPSA) is 59.4 Å². The highest BCUT2D eigenvalue weighted by atomic mass is 35.5. The van der Waals surface area contributed by atoms with Gasteiger partial charge in [-0.1, -0.05) is 0 Å². The standard InChI is InChI=1S/C9H8ClF2NO3/c1-16-6-2-4(9(14)15)7(8(11)12)13-5(6)3-10/h2,8H,3H2,1H3,(H,14,15). The van der Waals surface area contributed by atoms with E-state index in [1.54, 1.807) is 0 Å². The Kier molecular flexibility index (Phi) is 4.00. The smallest absolute Gasteiger partial charge is 0.337 e. The number of pyridine rings is 1. The first-order valence-electron chi connectivity index (χ1n) is 4.16. The van der Waals surface area contributed by atoms with Gasteiger partial charge in [-0.15, -0.1) is 11.6 Å². The minimum Gasteiger partial charge on any atom is -0.495 e. The lowest BCUT2D eigenvalue weighted by Crippen LogP contribution is -2.08. The molecule has 16 heavy (non-hydrogen) atoms. The molecule has 0 saturated heterocycles. The van der Waals surface area contributed by atoms with E-state index in [9.17, 15) is 13.6 Å². The Labute approximate surface area is 94.8 Å². The van der Waals surface area contributed by atoms with Crippen LogP contribution in [0.2, 0.25) is 0 Å². The number of aromatic nitrogens is 1. The molecule has 4 nitrogen and oxygen atoms in total. The molecule has 0 aliphatic carbocycles. The molecule has 0 fully saturated rings. The number of aromatic carboxylic acids is 1. The maximum atomic E-state index is 12.5.